The molecular weight excluding hydrogens is 384 g/mol. The molecule has 0 saturated heterocycles. The van der Waals surface area contributed by atoms with E-state index in [4.69, 9.17) is 0 Å². The third-order valence-electron chi connectivity index (χ3n) is 5.34. The molecule has 0 aliphatic heterocycles. The van der Waals surface area contributed by atoms with Crippen molar-refractivity contribution in [2.24, 2.45) is 0 Å². The van der Waals surface area contributed by atoms with Gasteiger partial charge in [0.05, 0.1) is 6.54 Å². The summed E-state index contributed by atoms with van der Waals surface area (Å²) in [5, 5.41) is 5.51. The minimum Gasteiger partial charge on any atom is -0.291 e. The van der Waals surface area contributed by atoms with E-state index in [-0.39, 0.29) is 5.69 Å². The van der Waals surface area contributed by atoms with Gasteiger partial charge in [-0.15, -0.1) is 23.1 Å². The summed E-state index contributed by atoms with van der Waals surface area (Å²) in [5.41, 5.74) is 3.64. The number of nitrogens with zero attached hydrogens (tertiary/aromatic N) is 2. The highest BCUT2D eigenvalue weighted by atomic mass is 32.2. The Morgan fingerprint density at radius 1 is 1.04 bits per heavy atom. The summed E-state index contributed by atoms with van der Waals surface area (Å²) >= 11 is 3.39. The molecule has 4 aromatic rings. The maximum absolute atomic E-state index is 12.8. The molecule has 0 radical (unpaired) electrons. The fourth-order valence-corrected chi connectivity index (χ4v) is 5.76. The quantitative estimate of drug-likeness (QED) is 0.335. The minimum absolute atomic E-state index is 0.116. The van der Waals surface area contributed by atoms with Gasteiger partial charge in [-0.05, 0) is 47.0 Å². The monoisotopic (exact) mass is 404 g/mol. The van der Waals surface area contributed by atoms with E-state index < -0.39 is 0 Å². The van der Waals surface area contributed by atoms with Gasteiger partial charge in [-0.25, -0.2) is 4.79 Å². The lowest BCUT2D eigenvalue weighted by molar-refractivity contribution is 0.673. The lowest BCUT2D eigenvalue weighted by Gasteiger charge is -2.14. The van der Waals surface area contributed by atoms with Crippen molar-refractivity contribution in [2.75, 3.05) is 0 Å². The lowest BCUT2D eigenvalue weighted by Crippen LogP contribution is -2.27. The summed E-state index contributed by atoms with van der Waals surface area (Å²) in [4.78, 5) is 18.5. The molecule has 5 heteroatoms. The van der Waals surface area contributed by atoms with Gasteiger partial charge in [0, 0.05) is 21.9 Å². The highest BCUT2D eigenvalue weighted by Crippen LogP contribution is 2.33. The lowest BCUT2D eigenvalue weighted by atomic mass is 10.1. The zero-order valence-corrected chi connectivity index (χ0v) is 17.1. The first kappa shape index (κ1) is 17.7. The van der Waals surface area contributed by atoms with E-state index in [2.05, 4.69) is 58.9 Å². The van der Waals surface area contributed by atoms with Crippen LogP contribution in [0.25, 0.3) is 10.8 Å². The smallest absolute Gasteiger partial charge is 0.291 e. The summed E-state index contributed by atoms with van der Waals surface area (Å²) in [6, 6.07) is 19.0. The molecule has 140 valence electrons. The number of thioether (sulfide) groups is 1. The Morgan fingerprint density at radius 3 is 2.82 bits per heavy atom. The Labute approximate surface area is 172 Å². The summed E-state index contributed by atoms with van der Waals surface area (Å²) in [6.07, 6.45) is 3.10. The highest BCUT2D eigenvalue weighted by Gasteiger charge is 2.22. The molecule has 2 heterocycles. The molecule has 1 aliphatic carbocycles. The standard InChI is InChI=1S/C23H20N2OS2/c26-23-24-22(28-15-17-8-3-7-16-6-1-2-10-19(16)17)20-11-4-12-21(20)25(23)14-18-9-5-13-27-18/h1-3,5-10,13H,4,11-12,14-15H2. The fraction of sp³-hybridized carbons (Fsp3) is 0.217. The molecule has 0 N–H and O–H groups in total. The number of fused-ring (bicyclic) bond motifs is 2. The van der Waals surface area contributed by atoms with Gasteiger partial charge in [-0.3, -0.25) is 4.57 Å². The second-order valence-corrected chi connectivity index (χ2v) is 9.07. The van der Waals surface area contributed by atoms with E-state index in [1.165, 1.54) is 32.5 Å². The molecule has 28 heavy (non-hydrogen) atoms. The molecule has 5 rings (SSSR count). The van der Waals surface area contributed by atoms with E-state index in [0.717, 1.165) is 30.0 Å². The van der Waals surface area contributed by atoms with Crippen LogP contribution in [0.1, 0.15) is 28.1 Å². The molecule has 3 nitrogen and oxygen atoms in total. The van der Waals surface area contributed by atoms with Crippen LogP contribution >= 0.6 is 23.1 Å². The van der Waals surface area contributed by atoms with Crippen molar-refractivity contribution in [1.29, 1.82) is 0 Å². The first-order chi connectivity index (χ1) is 13.8. The zero-order valence-electron chi connectivity index (χ0n) is 15.4. The first-order valence-electron chi connectivity index (χ1n) is 9.54. The molecule has 0 fully saturated rings. The molecule has 0 bridgehead atoms. The van der Waals surface area contributed by atoms with Gasteiger partial charge in [-0.2, -0.15) is 4.98 Å². The van der Waals surface area contributed by atoms with Gasteiger partial charge in [-0.1, -0.05) is 48.5 Å². The van der Waals surface area contributed by atoms with Crippen LogP contribution in [0.4, 0.5) is 0 Å². The number of rotatable bonds is 5. The predicted molar refractivity (Wildman–Crippen MR) is 117 cm³/mol. The Morgan fingerprint density at radius 2 is 1.93 bits per heavy atom. The maximum atomic E-state index is 12.8. The van der Waals surface area contributed by atoms with Gasteiger partial charge in [0.25, 0.3) is 0 Å². The van der Waals surface area contributed by atoms with Crippen molar-refractivity contribution in [1.82, 2.24) is 9.55 Å². The van der Waals surface area contributed by atoms with Crippen molar-refractivity contribution in [2.45, 2.75) is 36.6 Å². The molecule has 0 atom stereocenters. The summed E-state index contributed by atoms with van der Waals surface area (Å²) in [5.74, 6) is 0.829. The number of aromatic nitrogens is 2. The van der Waals surface area contributed by atoms with E-state index >= 15 is 0 Å². The molecule has 2 aromatic carbocycles. The Bertz CT molecular complexity index is 1190. The number of hydrogen-bond acceptors (Lipinski definition) is 4. The first-order valence-corrected chi connectivity index (χ1v) is 11.4. The van der Waals surface area contributed by atoms with Gasteiger partial charge >= 0.3 is 5.69 Å². The van der Waals surface area contributed by atoms with Gasteiger partial charge in [0.15, 0.2) is 0 Å². The maximum Gasteiger partial charge on any atom is 0.349 e. The average molecular weight is 405 g/mol. The number of hydrogen-bond donors (Lipinski definition) is 0. The second-order valence-electron chi connectivity index (χ2n) is 7.07. The summed E-state index contributed by atoms with van der Waals surface area (Å²) in [7, 11) is 0. The van der Waals surface area contributed by atoms with Crippen LogP contribution in [0, 0.1) is 0 Å². The number of thiophene rings is 1. The van der Waals surface area contributed by atoms with Gasteiger partial charge in [0.2, 0.25) is 0 Å². The van der Waals surface area contributed by atoms with Crippen LogP contribution in [0.15, 0.2) is 69.8 Å². The van der Waals surface area contributed by atoms with Crippen LogP contribution in [-0.4, -0.2) is 9.55 Å². The molecular formula is C23H20N2OS2. The molecule has 2 aromatic heterocycles. The molecule has 0 amide bonds. The van der Waals surface area contributed by atoms with E-state index in [1.807, 2.05) is 10.6 Å². The predicted octanol–water partition coefficient (Wildman–Crippen LogP) is 5.29. The molecule has 0 saturated carbocycles. The van der Waals surface area contributed by atoms with Crippen molar-refractivity contribution < 1.29 is 0 Å². The fourth-order valence-electron chi connectivity index (χ4n) is 3.99. The Kier molecular flexibility index (Phi) is 4.79. The van der Waals surface area contributed by atoms with E-state index in [1.54, 1.807) is 23.1 Å². The molecule has 1 aliphatic rings. The van der Waals surface area contributed by atoms with Crippen molar-refractivity contribution in [3.8, 4) is 0 Å². The largest absolute Gasteiger partial charge is 0.349 e. The third-order valence-corrected chi connectivity index (χ3v) is 7.27. The van der Waals surface area contributed by atoms with Crippen molar-refractivity contribution in [3.05, 3.63) is 92.2 Å². The van der Waals surface area contributed by atoms with Gasteiger partial charge < -0.3 is 0 Å². The van der Waals surface area contributed by atoms with Crippen LogP contribution in [-0.2, 0) is 25.1 Å². The summed E-state index contributed by atoms with van der Waals surface area (Å²) in [6.45, 7) is 0.639. The second kappa shape index (κ2) is 7.57. The Hall–Kier alpha value is -2.37. The Balaban J connectivity index is 1.47. The highest BCUT2D eigenvalue weighted by molar-refractivity contribution is 7.98. The zero-order chi connectivity index (χ0) is 18.9. The molecule has 0 spiro atoms. The third kappa shape index (κ3) is 3.29. The van der Waals surface area contributed by atoms with E-state index in [9.17, 15) is 4.79 Å². The SMILES string of the molecule is O=c1nc(SCc2cccc3ccccc23)c2c(n1Cc1cccs1)CCC2. The van der Waals surface area contributed by atoms with Crippen LogP contribution < -0.4 is 5.69 Å². The number of benzene rings is 2. The topological polar surface area (TPSA) is 34.9 Å². The van der Waals surface area contributed by atoms with E-state index in [0.29, 0.717) is 6.54 Å². The van der Waals surface area contributed by atoms with Gasteiger partial charge in [0.1, 0.15) is 5.03 Å². The minimum atomic E-state index is -0.116. The van der Waals surface area contributed by atoms with Crippen molar-refractivity contribution >= 4 is 33.9 Å². The van der Waals surface area contributed by atoms with Crippen LogP contribution in [0.3, 0.4) is 0 Å². The molecule has 0 unspecified atom stereocenters. The summed E-state index contributed by atoms with van der Waals surface area (Å²) < 4.78 is 1.89. The normalized spacial score (nSPS) is 13.1. The van der Waals surface area contributed by atoms with Crippen molar-refractivity contribution in [3.63, 3.8) is 0 Å². The van der Waals surface area contributed by atoms with Crippen LogP contribution in [0.2, 0.25) is 0 Å². The average Bonchev–Trinajstić information content (AvgIpc) is 3.41. The van der Waals surface area contributed by atoms with Crippen LogP contribution in [0.5, 0.6) is 0 Å².